The van der Waals surface area contributed by atoms with E-state index in [9.17, 15) is 4.79 Å². The van der Waals surface area contributed by atoms with Gasteiger partial charge in [-0.05, 0) is 19.4 Å². The number of benzene rings is 1. The number of rotatable bonds is 6. The molecule has 1 aromatic carbocycles. The summed E-state index contributed by atoms with van der Waals surface area (Å²) in [5.74, 6) is -0.291. The van der Waals surface area contributed by atoms with Crippen LogP contribution >= 0.6 is 0 Å². The van der Waals surface area contributed by atoms with Gasteiger partial charge < -0.3 is 10.1 Å². The van der Waals surface area contributed by atoms with Crippen molar-refractivity contribution >= 4 is 5.97 Å². The summed E-state index contributed by atoms with van der Waals surface area (Å²) in [4.78, 5) is 11.1. The first-order chi connectivity index (χ1) is 8.22. The highest BCUT2D eigenvalue weighted by Crippen LogP contribution is 1.98. The number of nitrogens with one attached hydrogen (secondary N) is 1. The van der Waals surface area contributed by atoms with Crippen LogP contribution < -0.4 is 5.32 Å². The van der Waals surface area contributed by atoms with Crippen molar-refractivity contribution in [3.05, 3.63) is 48.0 Å². The van der Waals surface area contributed by atoms with E-state index < -0.39 is 0 Å². The van der Waals surface area contributed by atoms with Crippen molar-refractivity contribution in [1.29, 1.82) is 0 Å². The maximum Gasteiger partial charge on any atom is 0.330 e. The molecule has 92 valence electrons. The molecule has 1 aromatic rings. The quantitative estimate of drug-likeness (QED) is 0.605. The average molecular weight is 233 g/mol. The van der Waals surface area contributed by atoms with Gasteiger partial charge in [-0.1, -0.05) is 36.4 Å². The Bertz CT molecular complexity index is 360. The van der Waals surface area contributed by atoms with Crippen LogP contribution in [0.5, 0.6) is 0 Å². The summed E-state index contributed by atoms with van der Waals surface area (Å²) in [6.07, 6.45) is 3.27. The Kier molecular flexibility index (Phi) is 6.04. The van der Waals surface area contributed by atoms with Crippen LogP contribution in [0.15, 0.2) is 42.5 Å². The zero-order chi connectivity index (χ0) is 12.5. The molecule has 17 heavy (non-hydrogen) atoms. The molecule has 0 heterocycles. The molecule has 0 bridgehead atoms. The predicted molar refractivity (Wildman–Crippen MR) is 68.5 cm³/mol. The molecule has 0 aliphatic carbocycles. The largest absolute Gasteiger partial charge is 0.463 e. The lowest BCUT2D eigenvalue weighted by molar-refractivity contribution is -0.137. The van der Waals surface area contributed by atoms with E-state index in [2.05, 4.69) is 17.4 Å². The van der Waals surface area contributed by atoms with Gasteiger partial charge in [0.15, 0.2) is 0 Å². The Balaban J connectivity index is 2.30. The fourth-order valence-corrected chi connectivity index (χ4v) is 1.36. The van der Waals surface area contributed by atoms with Crippen molar-refractivity contribution in [2.75, 3.05) is 6.61 Å². The Morgan fingerprint density at radius 2 is 2.12 bits per heavy atom. The summed E-state index contributed by atoms with van der Waals surface area (Å²) in [6.45, 7) is 4.99. The topological polar surface area (TPSA) is 38.3 Å². The van der Waals surface area contributed by atoms with Crippen LogP contribution in [0, 0.1) is 0 Å². The first-order valence-corrected chi connectivity index (χ1v) is 5.84. The van der Waals surface area contributed by atoms with Crippen molar-refractivity contribution in [3.8, 4) is 0 Å². The van der Waals surface area contributed by atoms with Gasteiger partial charge in [0, 0.05) is 18.7 Å². The fraction of sp³-hybridized carbons (Fsp3) is 0.357. The minimum Gasteiger partial charge on any atom is -0.463 e. The normalized spacial score (nSPS) is 12.6. The molecule has 0 radical (unpaired) electrons. The Morgan fingerprint density at radius 3 is 2.76 bits per heavy atom. The van der Waals surface area contributed by atoms with Crippen LogP contribution in [0.3, 0.4) is 0 Å². The number of carbonyl (C=O) groups excluding carboxylic acids is 1. The molecule has 0 saturated heterocycles. The molecule has 0 amide bonds. The van der Waals surface area contributed by atoms with E-state index in [1.807, 2.05) is 25.1 Å². The molecule has 1 atom stereocenters. The van der Waals surface area contributed by atoms with Gasteiger partial charge in [0.05, 0.1) is 6.61 Å². The monoisotopic (exact) mass is 233 g/mol. The van der Waals surface area contributed by atoms with Gasteiger partial charge in [0.25, 0.3) is 0 Å². The van der Waals surface area contributed by atoms with Crippen LogP contribution in [0.4, 0.5) is 0 Å². The zero-order valence-corrected chi connectivity index (χ0v) is 10.3. The molecule has 1 N–H and O–H groups in total. The molecule has 0 aromatic heterocycles. The Morgan fingerprint density at radius 1 is 1.41 bits per heavy atom. The Labute approximate surface area is 102 Å². The summed E-state index contributed by atoms with van der Waals surface area (Å²) < 4.78 is 4.80. The zero-order valence-electron chi connectivity index (χ0n) is 10.3. The van der Waals surface area contributed by atoms with Gasteiger partial charge in [-0.25, -0.2) is 4.79 Å². The van der Waals surface area contributed by atoms with Crippen LogP contribution in [-0.2, 0) is 16.1 Å². The van der Waals surface area contributed by atoms with Crippen molar-refractivity contribution in [2.45, 2.75) is 26.4 Å². The van der Waals surface area contributed by atoms with Gasteiger partial charge >= 0.3 is 5.97 Å². The van der Waals surface area contributed by atoms with E-state index >= 15 is 0 Å². The summed E-state index contributed by atoms with van der Waals surface area (Å²) >= 11 is 0. The molecule has 0 unspecified atom stereocenters. The van der Waals surface area contributed by atoms with Crippen molar-refractivity contribution in [3.63, 3.8) is 0 Å². The van der Waals surface area contributed by atoms with Crippen molar-refractivity contribution in [2.24, 2.45) is 0 Å². The van der Waals surface area contributed by atoms with Gasteiger partial charge in [-0.15, -0.1) is 0 Å². The smallest absolute Gasteiger partial charge is 0.330 e. The molecule has 0 spiro atoms. The maximum atomic E-state index is 11.1. The Hall–Kier alpha value is -1.61. The maximum absolute atomic E-state index is 11.1. The van der Waals surface area contributed by atoms with Crippen molar-refractivity contribution < 1.29 is 9.53 Å². The lowest BCUT2D eigenvalue weighted by atomic mass is 10.2. The fourth-order valence-electron chi connectivity index (χ4n) is 1.36. The highest BCUT2D eigenvalue weighted by molar-refractivity contribution is 5.81. The molecule has 0 aliphatic heterocycles. The lowest BCUT2D eigenvalue weighted by Gasteiger charge is -2.09. The molecule has 3 nitrogen and oxygen atoms in total. The summed E-state index contributed by atoms with van der Waals surface area (Å²) in [6, 6.07) is 10.3. The van der Waals surface area contributed by atoms with E-state index in [0.717, 1.165) is 6.54 Å². The first-order valence-electron chi connectivity index (χ1n) is 5.84. The molecular weight excluding hydrogens is 214 g/mol. The van der Waals surface area contributed by atoms with E-state index in [-0.39, 0.29) is 12.0 Å². The molecule has 3 heteroatoms. The lowest BCUT2D eigenvalue weighted by Crippen LogP contribution is -2.23. The van der Waals surface area contributed by atoms with Gasteiger partial charge in [0.2, 0.25) is 0 Å². The minimum atomic E-state index is -0.291. The first kappa shape index (κ1) is 13.5. The van der Waals surface area contributed by atoms with Gasteiger partial charge in [-0.3, -0.25) is 0 Å². The van der Waals surface area contributed by atoms with Crippen molar-refractivity contribution in [1.82, 2.24) is 5.32 Å². The van der Waals surface area contributed by atoms with Crippen LogP contribution in [0.2, 0.25) is 0 Å². The van der Waals surface area contributed by atoms with Crippen LogP contribution in [0.1, 0.15) is 19.4 Å². The number of hydrogen-bond acceptors (Lipinski definition) is 3. The third-order valence-electron chi connectivity index (χ3n) is 2.28. The molecule has 1 rings (SSSR count). The van der Waals surface area contributed by atoms with Crippen LogP contribution in [0.25, 0.3) is 0 Å². The SMILES string of the molecule is CCOC(=O)/C=C/[C@H](C)NCc1ccccc1. The molecule has 0 fully saturated rings. The highest BCUT2D eigenvalue weighted by Gasteiger charge is 1.99. The molecular formula is C14H19NO2. The van der Waals surface area contributed by atoms with Crippen LogP contribution in [-0.4, -0.2) is 18.6 Å². The third kappa shape index (κ3) is 5.88. The van der Waals surface area contributed by atoms with E-state index in [0.29, 0.717) is 6.61 Å². The van der Waals surface area contributed by atoms with Gasteiger partial charge in [-0.2, -0.15) is 0 Å². The molecule has 0 saturated carbocycles. The minimum absolute atomic E-state index is 0.139. The predicted octanol–water partition coefficient (Wildman–Crippen LogP) is 2.28. The standard InChI is InChI=1S/C14H19NO2/c1-3-17-14(16)10-9-12(2)15-11-13-7-5-4-6-8-13/h4-10,12,15H,3,11H2,1-2H3/b10-9+/t12-/m0/s1. The van der Waals surface area contributed by atoms with Gasteiger partial charge in [0.1, 0.15) is 0 Å². The van der Waals surface area contributed by atoms with E-state index in [4.69, 9.17) is 4.74 Å². The second kappa shape index (κ2) is 7.63. The molecule has 0 aliphatic rings. The summed E-state index contributed by atoms with van der Waals surface area (Å²) in [7, 11) is 0. The second-order valence-electron chi connectivity index (χ2n) is 3.77. The summed E-state index contributed by atoms with van der Waals surface area (Å²) in [5, 5.41) is 3.30. The number of hydrogen-bond donors (Lipinski definition) is 1. The van der Waals surface area contributed by atoms with E-state index in [1.165, 1.54) is 11.6 Å². The summed E-state index contributed by atoms with van der Waals surface area (Å²) in [5.41, 5.74) is 1.23. The third-order valence-corrected chi connectivity index (χ3v) is 2.28. The van der Waals surface area contributed by atoms with E-state index in [1.54, 1.807) is 13.0 Å². The second-order valence-corrected chi connectivity index (χ2v) is 3.77. The number of ether oxygens (including phenoxy) is 1. The number of carbonyl (C=O) groups is 1. The average Bonchev–Trinajstić information content (AvgIpc) is 2.35. The highest BCUT2D eigenvalue weighted by atomic mass is 16.5. The number of esters is 1.